The molecule has 0 aliphatic heterocycles. The second kappa shape index (κ2) is 3.00. The minimum absolute atomic E-state index is 0.353. The van der Waals surface area contributed by atoms with E-state index in [9.17, 15) is 4.79 Å². The molecule has 0 bridgehead atoms. The standard InChI is InChI=1S/C7H9NO2S/c1-5-2-3-8(10)7(9)6(5)4-11/h2-3,10-11H,4H2,1H3. The molecule has 1 aromatic heterocycles. The third-order valence-electron chi connectivity index (χ3n) is 1.57. The fourth-order valence-electron chi connectivity index (χ4n) is 0.850. The molecule has 1 aromatic rings. The number of hydrogen-bond acceptors (Lipinski definition) is 3. The normalized spacial score (nSPS) is 10.0. The fraction of sp³-hybridized carbons (Fsp3) is 0.286. The van der Waals surface area contributed by atoms with Crippen molar-refractivity contribution >= 4 is 12.6 Å². The molecule has 3 nitrogen and oxygen atoms in total. The lowest BCUT2D eigenvalue weighted by Crippen LogP contribution is -2.21. The molecule has 0 unspecified atom stereocenters. The van der Waals surface area contributed by atoms with Gasteiger partial charge in [-0.25, -0.2) is 0 Å². The van der Waals surface area contributed by atoms with Gasteiger partial charge >= 0.3 is 0 Å². The summed E-state index contributed by atoms with van der Waals surface area (Å²) < 4.78 is 0.568. The van der Waals surface area contributed by atoms with Crippen LogP contribution < -0.4 is 5.56 Å². The summed E-state index contributed by atoms with van der Waals surface area (Å²) in [6.45, 7) is 1.81. The molecule has 4 heteroatoms. The summed E-state index contributed by atoms with van der Waals surface area (Å²) in [5.41, 5.74) is 1.01. The molecule has 60 valence electrons. The van der Waals surface area contributed by atoms with Crippen LogP contribution in [0, 0.1) is 6.92 Å². The van der Waals surface area contributed by atoms with Gasteiger partial charge in [-0.05, 0) is 18.6 Å². The molecule has 0 aromatic carbocycles. The Morgan fingerprint density at radius 2 is 2.36 bits per heavy atom. The Hall–Kier alpha value is -0.900. The zero-order chi connectivity index (χ0) is 8.43. The van der Waals surface area contributed by atoms with E-state index >= 15 is 0 Å². The summed E-state index contributed by atoms with van der Waals surface area (Å²) in [5, 5.41) is 8.93. The van der Waals surface area contributed by atoms with Gasteiger partial charge in [0.25, 0.3) is 5.56 Å². The van der Waals surface area contributed by atoms with E-state index in [1.807, 2.05) is 6.92 Å². The zero-order valence-electron chi connectivity index (χ0n) is 6.11. The summed E-state index contributed by atoms with van der Waals surface area (Å²) in [4.78, 5) is 11.1. The first-order chi connectivity index (χ1) is 5.16. The highest BCUT2D eigenvalue weighted by Crippen LogP contribution is 2.03. The molecule has 0 atom stereocenters. The Morgan fingerprint density at radius 1 is 1.73 bits per heavy atom. The molecule has 1 N–H and O–H groups in total. The van der Waals surface area contributed by atoms with Crippen LogP contribution >= 0.6 is 12.6 Å². The summed E-state index contributed by atoms with van der Waals surface area (Å²) in [6.07, 6.45) is 1.32. The topological polar surface area (TPSA) is 42.2 Å². The molecule has 11 heavy (non-hydrogen) atoms. The second-order valence-electron chi connectivity index (χ2n) is 2.29. The average molecular weight is 171 g/mol. The SMILES string of the molecule is Cc1ccn(O)c(=O)c1CS. The second-order valence-corrected chi connectivity index (χ2v) is 2.60. The van der Waals surface area contributed by atoms with Crippen LogP contribution in [-0.4, -0.2) is 9.94 Å². The largest absolute Gasteiger partial charge is 0.425 e. The van der Waals surface area contributed by atoms with Gasteiger partial charge < -0.3 is 5.21 Å². The number of pyridine rings is 1. The smallest absolute Gasteiger partial charge is 0.287 e. The van der Waals surface area contributed by atoms with Crippen molar-refractivity contribution in [3.8, 4) is 0 Å². The minimum Gasteiger partial charge on any atom is -0.425 e. The Labute approximate surface area is 69.7 Å². The van der Waals surface area contributed by atoms with Crippen molar-refractivity contribution in [1.29, 1.82) is 0 Å². The molecule has 0 spiro atoms. The van der Waals surface area contributed by atoms with Crippen molar-refractivity contribution in [3.63, 3.8) is 0 Å². The third-order valence-corrected chi connectivity index (χ3v) is 1.88. The van der Waals surface area contributed by atoms with Crippen molar-refractivity contribution < 1.29 is 5.21 Å². The van der Waals surface area contributed by atoms with Gasteiger partial charge in [-0.2, -0.15) is 17.4 Å². The van der Waals surface area contributed by atoms with E-state index in [1.165, 1.54) is 6.20 Å². The Bertz CT molecular complexity index is 319. The molecule has 1 heterocycles. The van der Waals surface area contributed by atoms with Crippen LogP contribution in [0.3, 0.4) is 0 Å². The number of aromatic nitrogens is 1. The molecule has 1 rings (SSSR count). The van der Waals surface area contributed by atoms with Gasteiger partial charge in [0.15, 0.2) is 0 Å². The van der Waals surface area contributed by atoms with Crippen molar-refractivity contribution in [3.05, 3.63) is 33.7 Å². The van der Waals surface area contributed by atoms with Gasteiger partial charge in [-0.3, -0.25) is 4.79 Å². The van der Waals surface area contributed by atoms with E-state index in [-0.39, 0.29) is 5.56 Å². The highest BCUT2D eigenvalue weighted by Gasteiger charge is 2.03. The van der Waals surface area contributed by atoms with Gasteiger partial charge in [0.2, 0.25) is 0 Å². The van der Waals surface area contributed by atoms with Crippen molar-refractivity contribution in [1.82, 2.24) is 4.73 Å². The van der Waals surface area contributed by atoms with E-state index in [2.05, 4.69) is 12.6 Å². The summed E-state index contributed by atoms with van der Waals surface area (Å²) in [7, 11) is 0. The molecule has 0 amide bonds. The maximum atomic E-state index is 11.1. The number of rotatable bonds is 1. The predicted molar refractivity (Wildman–Crippen MR) is 45.3 cm³/mol. The van der Waals surface area contributed by atoms with Gasteiger partial charge in [-0.15, -0.1) is 0 Å². The number of aryl methyl sites for hydroxylation is 1. The van der Waals surface area contributed by atoms with Crippen LogP contribution in [0.15, 0.2) is 17.1 Å². The highest BCUT2D eigenvalue weighted by atomic mass is 32.1. The monoisotopic (exact) mass is 171 g/mol. The number of thiol groups is 1. The van der Waals surface area contributed by atoms with Crippen molar-refractivity contribution in [2.45, 2.75) is 12.7 Å². The van der Waals surface area contributed by atoms with Gasteiger partial charge in [0, 0.05) is 17.5 Å². The predicted octanol–water partition coefficient (Wildman–Crippen LogP) is 0.824. The third kappa shape index (κ3) is 1.40. The average Bonchev–Trinajstić information content (AvgIpc) is 1.99. The lowest BCUT2D eigenvalue weighted by molar-refractivity contribution is 0.174. The summed E-state index contributed by atoms with van der Waals surface area (Å²) in [6, 6.07) is 1.67. The Balaban J connectivity index is 3.41. The maximum Gasteiger partial charge on any atom is 0.287 e. The van der Waals surface area contributed by atoms with Crippen molar-refractivity contribution in [2.75, 3.05) is 0 Å². The number of nitrogens with zero attached hydrogens (tertiary/aromatic N) is 1. The molecule has 0 aliphatic rings. The lowest BCUT2D eigenvalue weighted by Gasteiger charge is -2.01. The first-order valence-corrected chi connectivity index (χ1v) is 3.81. The lowest BCUT2D eigenvalue weighted by atomic mass is 10.2. The molecule has 0 saturated heterocycles. The van der Waals surface area contributed by atoms with Crippen LogP contribution in [0.4, 0.5) is 0 Å². The Kier molecular flexibility index (Phi) is 2.24. The molecular formula is C7H9NO2S. The highest BCUT2D eigenvalue weighted by molar-refractivity contribution is 7.79. The van der Waals surface area contributed by atoms with Crippen LogP contribution in [0.1, 0.15) is 11.1 Å². The number of hydrogen-bond donors (Lipinski definition) is 2. The van der Waals surface area contributed by atoms with Crippen LogP contribution in [-0.2, 0) is 5.75 Å². The molecule has 0 radical (unpaired) electrons. The molecule has 0 fully saturated rings. The van der Waals surface area contributed by atoms with Gasteiger partial charge in [-0.1, -0.05) is 0 Å². The summed E-state index contributed by atoms with van der Waals surface area (Å²) in [5.74, 6) is 0.353. The van der Waals surface area contributed by atoms with E-state index in [0.29, 0.717) is 16.0 Å². The Morgan fingerprint density at radius 3 is 2.82 bits per heavy atom. The van der Waals surface area contributed by atoms with Crippen LogP contribution in [0.2, 0.25) is 0 Å². The summed E-state index contributed by atoms with van der Waals surface area (Å²) >= 11 is 3.97. The van der Waals surface area contributed by atoms with Crippen LogP contribution in [0.5, 0.6) is 0 Å². The molecule has 0 aliphatic carbocycles. The molecular weight excluding hydrogens is 162 g/mol. The van der Waals surface area contributed by atoms with Gasteiger partial charge in [0.1, 0.15) is 0 Å². The fourth-order valence-corrected chi connectivity index (χ4v) is 1.23. The maximum absolute atomic E-state index is 11.1. The van der Waals surface area contributed by atoms with Gasteiger partial charge in [0.05, 0.1) is 0 Å². The minimum atomic E-state index is -0.389. The van der Waals surface area contributed by atoms with Crippen molar-refractivity contribution in [2.24, 2.45) is 0 Å². The van der Waals surface area contributed by atoms with E-state index in [1.54, 1.807) is 6.07 Å². The van der Waals surface area contributed by atoms with Crippen LogP contribution in [0.25, 0.3) is 0 Å². The first kappa shape index (κ1) is 8.20. The zero-order valence-corrected chi connectivity index (χ0v) is 7.01. The van der Waals surface area contributed by atoms with E-state index in [0.717, 1.165) is 5.56 Å². The quantitative estimate of drug-likeness (QED) is 0.485. The first-order valence-electron chi connectivity index (χ1n) is 3.18. The van der Waals surface area contributed by atoms with E-state index in [4.69, 9.17) is 5.21 Å². The van der Waals surface area contributed by atoms with E-state index < -0.39 is 0 Å². The molecule has 0 saturated carbocycles.